The van der Waals surface area contributed by atoms with E-state index in [1.807, 2.05) is 0 Å². The second-order valence-corrected chi connectivity index (χ2v) is 6.02. The summed E-state index contributed by atoms with van der Waals surface area (Å²) in [5.41, 5.74) is 0.438. The van der Waals surface area contributed by atoms with Gasteiger partial charge in [-0.25, -0.2) is 4.39 Å². The quantitative estimate of drug-likeness (QED) is 0.760. The fourth-order valence-corrected chi connectivity index (χ4v) is 2.43. The highest BCUT2D eigenvalue weighted by Crippen LogP contribution is 2.27. The number of benzene rings is 2. The van der Waals surface area contributed by atoms with Gasteiger partial charge in [0.1, 0.15) is 11.6 Å². The maximum absolute atomic E-state index is 12.8. The molecule has 126 valence electrons. The molecule has 8 heteroatoms. The third-order valence-corrected chi connectivity index (χ3v) is 3.62. The molecule has 0 fully saturated rings. The van der Waals surface area contributed by atoms with Crippen molar-refractivity contribution >= 4 is 45.0 Å². The van der Waals surface area contributed by atoms with Crippen LogP contribution in [0.5, 0.6) is 5.75 Å². The Bertz CT molecular complexity index is 741. The fourth-order valence-electron chi connectivity index (χ4n) is 1.70. The molecule has 2 amide bonds. The summed E-state index contributed by atoms with van der Waals surface area (Å²) in [5.74, 6) is -0.935. The second-order valence-electron chi connectivity index (χ2n) is 4.70. The summed E-state index contributed by atoms with van der Waals surface area (Å²) in [6.07, 6.45) is 0. The molecule has 2 aromatic carbocycles. The predicted molar refractivity (Wildman–Crippen MR) is 92.7 cm³/mol. The largest absolute Gasteiger partial charge is 0.482 e. The van der Waals surface area contributed by atoms with Gasteiger partial charge in [0.05, 0.1) is 11.6 Å². The number of amides is 2. The van der Waals surface area contributed by atoms with E-state index in [9.17, 15) is 14.0 Å². The molecule has 0 aliphatic carbocycles. The van der Waals surface area contributed by atoms with Crippen LogP contribution in [0.3, 0.4) is 0 Å². The molecular weight excluding hydrogens is 403 g/mol. The lowest BCUT2D eigenvalue weighted by atomic mass is 10.3. The first kappa shape index (κ1) is 18.2. The molecule has 2 rings (SSSR count). The van der Waals surface area contributed by atoms with E-state index in [2.05, 4.69) is 26.6 Å². The lowest BCUT2D eigenvalue weighted by molar-refractivity contribution is -0.125. The van der Waals surface area contributed by atoms with E-state index in [0.717, 1.165) is 4.47 Å². The minimum absolute atomic E-state index is 0.229. The first-order valence-electron chi connectivity index (χ1n) is 6.84. The molecule has 0 bridgehead atoms. The summed E-state index contributed by atoms with van der Waals surface area (Å²) in [7, 11) is 0. The van der Waals surface area contributed by atoms with Crippen LogP contribution in [0.1, 0.15) is 0 Å². The van der Waals surface area contributed by atoms with Crippen molar-refractivity contribution in [2.24, 2.45) is 0 Å². The molecule has 0 unspecified atom stereocenters. The Hall–Kier alpha value is -2.12. The van der Waals surface area contributed by atoms with E-state index in [4.69, 9.17) is 16.3 Å². The molecule has 2 N–H and O–H groups in total. The van der Waals surface area contributed by atoms with Gasteiger partial charge < -0.3 is 15.4 Å². The first-order chi connectivity index (χ1) is 11.4. The molecule has 0 aliphatic rings. The van der Waals surface area contributed by atoms with Gasteiger partial charge in [-0.05, 0) is 42.5 Å². The Balaban J connectivity index is 1.74. The molecule has 0 saturated heterocycles. The summed E-state index contributed by atoms with van der Waals surface area (Å²) < 4.78 is 18.8. The number of carbonyl (C=O) groups is 2. The van der Waals surface area contributed by atoms with Crippen molar-refractivity contribution in [3.63, 3.8) is 0 Å². The van der Waals surface area contributed by atoms with Crippen molar-refractivity contribution in [3.8, 4) is 5.75 Å². The van der Waals surface area contributed by atoms with Crippen molar-refractivity contribution in [1.82, 2.24) is 5.32 Å². The molecule has 0 aromatic heterocycles. The van der Waals surface area contributed by atoms with Crippen LogP contribution in [0.2, 0.25) is 5.02 Å². The third kappa shape index (κ3) is 5.82. The molecule has 0 spiro atoms. The second kappa shape index (κ2) is 8.65. The lowest BCUT2D eigenvalue weighted by Gasteiger charge is -2.09. The van der Waals surface area contributed by atoms with Gasteiger partial charge in [0.25, 0.3) is 5.91 Å². The summed E-state index contributed by atoms with van der Waals surface area (Å²) in [6.45, 7) is -0.501. The SMILES string of the molecule is O=C(COc1ccc(Br)cc1Cl)NCC(=O)Nc1ccc(F)cc1. The standard InChI is InChI=1S/C16H13BrClFN2O3/c17-10-1-6-14(13(18)7-10)24-9-16(23)20-8-15(22)21-12-4-2-11(19)3-5-12/h1-7H,8-9H2,(H,20,23)(H,21,22). The van der Waals surface area contributed by atoms with Crippen molar-refractivity contribution < 1.29 is 18.7 Å². The number of hydrogen-bond donors (Lipinski definition) is 2. The number of rotatable bonds is 6. The summed E-state index contributed by atoms with van der Waals surface area (Å²) in [4.78, 5) is 23.4. The van der Waals surface area contributed by atoms with Crippen LogP contribution in [0.15, 0.2) is 46.9 Å². The maximum atomic E-state index is 12.8. The highest BCUT2D eigenvalue weighted by Gasteiger charge is 2.08. The van der Waals surface area contributed by atoms with Gasteiger partial charge in [-0.1, -0.05) is 27.5 Å². The van der Waals surface area contributed by atoms with Crippen LogP contribution < -0.4 is 15.4 Å². The number of halogens is 3. The molecule has 0 saturated carbocycles. The Morgan fingerprint density at radius 2 is 1.83 bits per heavy atom. The van der Waals surface area contributed by atoms with Gasteiger partial charge in [0.15, 0.2) is 6.61 Å². The van der Waals surface area contributed by atoms with Gasteiger partial charge in [0.2, 0.25) is 5.91 Å². The van der Waals surface area contributed by atoms with Gasteiger partial charge in [-0.15, -0.1) is 0 Å². The molecule has 0 heterocycles. The highest BCUT2D eigenvalue weighted by atomic mass is 79.9. The summed E-state index contributed by atoms with van der Waals surface area (Å²) in [5, 5.41) is 5.31. The minimum Gasteiger partial charge on any atom is -0.482 e. The molecule has 0 aliphatic heterocycles. The number of carbonyl (C=O) groups excluding carboxylic acids is 2. The monoisotopic (exact) mass is 414 g/mol. The van der Waals surface area contributed by atoms with Crippen LogP contribution in [0.4, 0.5) is 10.1 Å². The smallest absolute Gasteiger partial charge is 0.258 e. The Morgan fingerprint density at radius 3 is 2.50 bits per heavy atom. The van der Waals surface area contributed by atoms with Crippen molar-refractivity contribution in [2.45, 2.75) is 0 Å². The van der Waals surface area contributed by atoms with E-state index < -0.39 is 17.6 Å². The molecule has 2 aromatic rings. The lowest BCUT2D eigenvalue weighted by Crippen LogP contribution is -2.35. The number of anilines is 1. The zero-order valence-corrected chi connectivity index (χ0v) is 14.7. The zero-order valence-electron chi connectivity index (χ0n) is 12.3. The van der Waals surface area contributed by atoms with Crippen molar-refractivity contribution in [1.29, 1.82) is 0 Å². The highest BCUT2D eigenvalue weighted by molar-refractivity contribution is 9.10. The molecule has 5 nitrogen and oxygen atoms in total. The van der Waals surface area contributed by atoms with Crippen molar-refractivity contribution in [3.05, 3.63) is 57.8 Å². The van der Waals surface area contributed by atoms with E-state index in [0.29, 0.717) is 16.5 Å². The van der Waals surface area contributed by atoms with E-state index in [-0.39, 0.29) is 13.2 Å². The Morgan fingerprint density at radius 1 is 1.12 bits per heavy atom. The number of ether oxygens (including phenoxy) is 1. The van der Waals surface area contributed by atoms with Crippen LogP contribution in [-0.4, -0.2) is 25.0 Å². The van der Waals surface area contributed by atoms with Gasteiger partial charge in [-0.2, -0.15) is 0 Å². The van der Waals surface area contributed by atoms with E-state index >= 15 is 0 Å². The van der Waals surface area contributed by atoms with Crippen molar-refractivity contribution in [2.75, 3.05) is 18.5 Å². The average molecular weight is 416 g/mol. The molecule has 24 heavy (non-hydrogen) atoms. The van der Waals surface area contributed by atoms with Crippen LogP contribution in [0.25, 0.3) is 0 Å². The molecule has 0 atom stereocenters. The predicted octanol–water partition coefficient (Wildman–Crippen LogP) is 3.38. The summed E-state index contributed by atoms with van der Waals surface area (Å²) in [6, 6.07) is 10.3. The van der Waals surface area contributed by atoms with E-state index in [1.165, 1.54) is 24.3 Å². The normalized spacial score (nSPS) is 10.1. The van der Waals surface area contributed by atoms with E-state index in [1.54, 1.807) is 18.2 Å². The molecule has 0 radical (unpaired) electrons. The fraction of sp³-hybridized carbons (Fsp3) is 0.125. The Kier molecular flexibility index (Phi) is 6.57. The summed E-state index contributed by atoms with van der Waals surface area (Å²) >= 11 is 9.23. The Labute approximate surface area is 151 Å². The van der Waals surface area contributed by atoms with Crippen LogP contribution in [0, 0.1) is 5.82 Å². The zero-order chi connectivity index (χ0) is 17.5. The van der Waals surface area contributed by atoms with Gasteiger partial charge in [-0.3, -0.25) is 9.59 Å². The van der Waals surface area contributed by atoms with Gasteiger partial charge in [0, 0.05) is 10.2 Å². The average Bonchev–Trinajstić information content (AvgIpc) is 2.54. The molecular formula is C16H13BrClFN2O3. The number of nitrogens with one attached hydrogen (secondary N) is 2. The maximum Gasteiger partial charge on any atom is 0.258 e. The third-order valence-electron chi connectivity index (χ3n) is 2.83. The van der Waals surface area contributed by atoms with Crippen LogP contribution >= 0.6 is 27.5 Å². The van der Waals surface area contributed by atoms with Gasteiger partial charge >= 0.3 is 0 Å². The topological polar surface area (TPSA) is 67.4 Å². The number of hydrogen-bond acceptors (Lipinski definition) is 3. The first-order valence-corrected chi connectivity index (χ1v) is 8.01. The van der Waals surface area contributed by atoms with Crippen LogP contribution in [-0.2, 0) is 9.59 Å². The minimum atomic E-state index is -0.469.